The number of carbonyl (C=O) groups excluding carboxylic acids is 1. The van der Waals surface area contributed by atoms with Gasteiger partial charge in [-0.1, -0.05) is 12.1 Å². The predicted octanol–water partition coefficient (Wildman–Crippen LogP) is 3.58. The maximum Gasteiger partial charge on any atom is 0.251 e. The number of anilines is 1. The van der Waals surface area contributed by atoms with Gasteiger partial charge in [-0.3, -0.25) is 4.79 Å². The van der Waals surface area contributed by atoms with E-state index in [4.69, 9.17) is 4.42 Å². The van der Waals surface area contributed by atoms with Crippen molar-refractivity contribution in [3.8, 4) is 11.3 Å². The van der Waals surface area contributed by atoms with Gasteiger partial charge >= 0.3 is 0 Å². The van der Waals surface area contributed by atoms with Crippen molar-refractivity contribution in [1.82, 2.24) is 15.3 Å². The lowest BCUT2D eigenvalue weighted by atomic mass is 10.1. The van der Waals surface area contributed by atoms with E-state index in [9.17, 15) is 4.79 Å². The molecule has 1 saturated heterocycles. The summed E-state index contributed by atoms with van der Waals surface area (Å²) < 4.78 is 5.47. The fourth-order valence-electron chi connectivity index (χ4n) is 3.27. The fraction of sp³-hybridized carbons (Fsp3) is 0.286. The van der Waals surface area contributed by atoms with Crippen LogP contribution in [0.2, 0.25) is 0 Å². The molecule has 1 fully saturated rings. The van der Waals surface area contributed by atoms with Gasteiger partial charge in [-0.25, -0.2) is 9.97 Å². The zero-order chi connectivity index (χ0) is 18.6. The third-order valence-electron chi connectivity index (χ3n) is 4.74. The topological polar surface area (TPSA) is 71.3 Å². The summed E-state index contributed by atoms with van der Waals surface area (Å²) in [6.45, 7) is 4.35. The number of hydrogen-bond acceptors (Lipinski definition) is 5. The first-order valence-electron chi connectivity index (χ1n) is 9.20. The molecule has 1 N–H and O–H groups in total. The SMILES string of the molecule is Cc1ccc(CNC(=O)c2ccc(-c3cc(N4CCCC4)ncn3)cc2)o1. The van der Waals surface area contributed by atoms with Gasteiger partial charge in [-0.05, 0) is 44.0 Å². The lowest BCUT2D eigenvalue weighted by Crippen LogP contribution is -2.22. The summed E-state index contributed by atoms with van der Waals surface area (Å²) in [5.74, 6) is 2.42. The van der Waals surface area contributed by atoms with Crippen molar-refractivity contribution in [3.05, 3.63) is 65.9 Å². The Balaban J connectivity index is 1.44. The average molecular weight is 362 g/mol. The van der Waals surface area contributed by atoms with E-state index in [0.717, 1.165) is 41.7 Å². The Morgan fingerprint density at radius 2 is 1.89 bits per heavy atom. The number of benzene rings is 1. The predicted molar refractivity (Wildman–Crippen MR) is 104 cm³/mol. The zero-order valence-corrected chi connectivity index (χ0v) is 15.3. The van der Waals surface area contributed by atoms with Gasteiger partial charge in [-0.15, -0.1) is 0 Å². The molecule has 4 rings (SSSR count). The standard InChI is InChI=1S/C21H22N4O2/c1-15-4-9-18(27-15)13-22-21(26)17-7-5-16(6-8-17)19-12-20(24-14-23-19)25-10-2-3-11-25/h4-9,12,14H,2-3,10-11,13H2,1H3,(H,22,26). The van der Waals surface area contributed by atoms with Crippen molar-refractivity contribution in [2.24, 2.45) is 0 Å². The molecule has 6 heteroatoms. The van der Waals surface area contributed by atoms with Gasteiger partial charge in [0.05, 0.1) is 12.2 Å². The summed E-state index contributed by atoms with van der Waals surface area (Å²) in [6.07, 6.45) is 4.02. The largest absolute Gasteiger partial charge is 0.465 e. The van der Waals surface area contributed by atoms with Gasteiger partial charge in [0.25, 0.3) is 5.91 Å². The first kappa shape index (κ1) is 17.3. The number of carbonyl (C=O) groups is 1. The van der Waals surface area contributed by atoms with E-state index >= 15 is 0 Å². The Kier molecular flexibility index (Phi) is 4.87. The van der Waals surface area contributed by atoms with E-state index in [-0.39, 0.29) is 5.91 Å². The normalized spacial score (nSPS) is 13.7. The van der Waals surface area contributed by atoms with Crippen LogP contribution in [-0.4, -0.2) is 29.0 Å². The minimum atomic E-state index is -0.129. The zero-order valence-electron chi connectivity index (χ0n) is 15.3. The summed E-state index contributed by atoms with van der Waals surface area (Å²) in [4.78, 5) is 23.4. The van der Waals surface area contributed by atoms with Crippen LogP contribution in [0.25, 0.3) is 11.3 Å². The van der Waals surface area contributed by atoms with Gasteiger partial charge in [0.15, 0.2) is 0 Å². The van der Waals surface area contributed by atoms with E-state index in [2.05, 4.69) is 20.2 Å². The van der Waals surface area contributed by atoms with Crippen LogP contribution in [0.3, 0.4) is 0 Å². The molecule has 1 amide bonds. The third kappa shape index (κ3) is 4.00. The van der Waals surface area contributed by atoms with Crippen LogP contribution in [0.1, 0.15) is 34.7 Å². The minimum Gasteiger partial charge on any atom is -0.465 e. The smallest absolute Gasteiger partial charge is 0.251 e. The Bertz CT molecular complexity index is 927. The number of rotatable bonds is 5. The van der Waals surface area contributed by atoms with E-state index in [0.29, 0.717) is 12.1 Å². The number of nitrogens with one attached hydrogen (secondary N) is 1. The van der Waals surface area contributed by atoms with Crippen molar-refractivity contribution in [1.29, 1.82) is 0 Å². The van der Waals surface area contributed by atoms with Crippen LogP contribution in [0.15, 0.2) is 53.2 Å². The molecule has 1 aliphatic heterocycles. The molecule has 138 valence electrons. The van der Waals surface area contributed by atoms with Gasteiger partial charge < -0.3 is 14.6 Å². The second kappa shape index (κ2) is 7.61. The summed E-state index contributed by atoms with van der Waals surface area (Å²) in [5, 5.41) is 2.87. The van der Waals surface area contributed by atoms with Gasteiger partial charge in [0.2, 0.25) is 0 Å². The molecule has 0 atom stereocenters. The highest BCUT2D eigenvalue weighted by atomic mass is 16.3. The molecule has 1 aliphatic rings. The fourth-order valence-corrected chi connectivity index (χ4v) is 3.27. The number of nitrogens with zero attached hydrogens (tertiary/aromatic N) is 3. The van der Waals surface area contributed by atoms with Crippen molar-refractivity contribution in [2.45, 2.75) is 26.3 Å². The summed E-state index contributed by atoms with van der Waals surface area (Å²) in [7, 11) is 0. The maximum absolute atomic E-state index is 12.3. The Hall–Kier alpha value is -3.15. The lowest BCUT2D eigenvalue weighted by molar-refractivity contribution is 0.0948. The Morgan fingerprint density at radius 3 is 2.59 bits per heavy atom. The summed E-state index contributed by atoms with van der Waals surface area (Å²) in [5.41, 5.74) is 2.44. The molecule has 3 aromatic rings. The van der Waals surface area contributed by atoms with Crippen LogP contribution in [0.5, 0.6) is 0 Å². The highest BCUT2D eigenvalue weighted by molar-refractivity contribution is 5.94. The molecular formula is C21H22N4O2. The van der Waals surface area contributed by atoms with Gasteiger partial charge in [0, 0.05) is 30.3 Å². The van der Waals surface area contributed by atoms with Crippen LogP contribution in [0.4, 0.5) is 5.82 Å². The molecule has 2 aromatic heterocycles. The molecule has 0 bridgehead atoms. The van der Waals surface area contributed by atoms with E-state index in [1.54, 1.807) is 6.33 Å². The van der Waals surface area contributed by atoms with Crippen LogP contribution in [0, 0.1) is 6.92 Å². The molecule has 0 radical (unpaired) electrons. The summed E-state index contributed by atoms with van der Waals surface area (Å²) in [6, 6.07) is 13.2. The molecule has 1 aromatic carbocycles. The van der Waals surface area contributed by atoms with Gasteiger partial charge in [-0.2, -0.15) is 0 Å². The highest BCUT2D eigenvalue weighted by Crippen LogP contribution is 2.23. The number of amides is 1. The number of hydrogen-bond donors (Lipinski definition) is 1. The number of furan rings is 1. The monoisotopic (exact) mass is 362 g/mol. The van der Waals surface area contributed by atoms with E-state index in [1.165, 1.54) is 12.8 Å². The highest BCUT2D eigenvalue weighted by Gasteiger charge is 2.14. The second-order valence-corrected chi connectivity index (χ2v) is 6.73. The van der Waals surface area contributed by atoms with Crippen LogP contribution in [-0.2, 0) is 6.54 Å². The Morgan fingerprint density at radius 1 is 1.11 bits per heavy atom. The molecule has 3 heterocycles. The number of aryl methyl sites for hydroxylation is 1. The van der Waals surface area contributed by atoms with Crippen molar-refractivity contribution in [3.63, 3.8) is 0 Å². The molecule has 6 nitrogen and oxygen atoms in total. The van der Waals surface area contributed by atoms with Gasteiger partial charge in [0.1, 0.15) is 23.7 Å². The van der Waals surface area contributed by atoms with Crippen molar-refractivity contribution < 1.29 is 9.21 Å². The van der Waals surface area contributed by atoms with E-state index < -0.39 is 0 Å². The maximum atomic E-state index is 12.3. The molecular weight excluding hydrogens is 340 g/mol. The molecule has 0 aliphatic carbocycles. The second-order valence-electron chi connectivity index (χ2n) is 6.73. The lowest BCUT2D eigenvalue weighted by Gasteiger charge is -2.16. The first-order valence-corrected chi connectivity index (χ1v) is 9.20. The van der Waals surface area contributed by atoms with Crippen molar-refractivity contribution >= 4 is 11.7 Å². The third-order valence-corrected chi connectivity index (χ3v) is 4.74. The van der Waals surface area contributed by atoms with Crippen LogP contribution < -0.4 is 10.2 Å². The molecule has 27 heavy (non-hydrogen) atoms. The average Bonchev–Trinajstić information content (AvgIpc) is 3.38. The molecule has 0 unspecified atom stereocenters. The molecule has 0 saturated carbocycles. The van der Waals surface area contributed by atoms with Crippen molar-refractivity contribution in [2.75, 3.05) is 18.0 Å². The van der Waals surface area contributed by atoms with E-state index in [1.807, 2.05) is 49.4 Å². The first-order chi connectivity index (χ1) is 13.2. The quantitative estimate of drug-likeness (QED) is 0.751. The summed E-state index contributed by atoms with van der Waals surface area (Å²) >= 11 is 0. The minimum absolute atomic E-state index is 0.129. The Labute approximate surface area is 158 Å². The number of aromatic nitrogens is 2. The molecule has 0 spiro atoms. The van der Waals surface area contributed by atoms with Crippen LogP contribution >= 0.6 is 0 Å².